The van der Waals surface area contributed by atoms with Crippen LogP contribution < -0.4 is 4.74 Å². The van der Waals surface area contributed by atoms with Crippen LogP contribution in [-0.4, -0.2) is 56.8 Å². The molecule has 0 aliphatic heterocycles. The average Bonchev–Trinajstić information content (AvgIpc) is 2.88. The van der Waals surface area contributed by atoms with Gasteiger partial charge in [-0.1, -0.05) is 25.3 Å². The molecular formula is C27H26O10. The van der Waals surface area contributed by atoms with Crippen molar-refractivity contribution in [2.45, 2.75) is 13.8 Å². The summed E-state index contributed by atoms with van der Waals surface area (Å²) in [5.41, 5.74) is 1.60. The van der Waals surface area contributed by atoms with Gasteiger partial charge in [0, 0.05) is 11.1 Å². The van der Waals surface area contributed by atoms with Crippen LogP contribution in [0.2, 0.25) is 0 Å². The van der Waals surface area contributed by atoms with E-state index in [4.69, 9.17) is 18.9 Å². The van der Waals surface area contributed by atoms with E-state index < -0.39 is 23.9 Å². The van der Waals surface area contributed by atoms with Crippen molar-refractivity contribution in [2.24, 2.45) is 0 Å². The van der Waals surface area contributed by atoms with Crippen molar-refractivity contribution in [3.63, 3.8) is 0 Å². The van der Waals surface area contributed by atoms with E-state index in [9.17, 15) is 24.0 Å². The van der Waals surface area contributed by atoms with Gasteiger partial charge in [-0.15, -0.1) is 0 Å². The number of hydrogen-bond acceptors (Lipinski definition) is 10. The summed E-state index contributed by atoms with van der Waals surface area (Å²) >= 11 is 0. The lowest BCUT2D eigenvalue weighted by molar-refractivity contribution is -0.140. The summed E-state index contributed by atoms with van der Waals surface area (Å²) < 4.78 is 24.8. The molecule has 194 valence electrons. The molecule has 0 heterocycles. The highest BCUT2D eigenvalue weighted by Gasteiger charge is 2.17. The topological polar surface area (TPSA) is 132 Å². The summed E-state index contributed by atoms with van der Waals surface area (Å²) in [4.78, 5) is 58.7. The number of carbonyl (C=O) groups is 5. The highest BCUT2D eigenvalue weighted by atomic mass is 16.6. The van der Waals surface area contributed by atoms with Crippen LogP contribution in [-0.2, 0) is 33.3 Å². The highest BCUT2D eigenvalue weighted by Crippen LogP contribution is 2.26. The summed E-state index contributed by atoms with van der Waals surface area (Å²) in [6.07, 6.45) is 0. The van der Waals surface area contributed by atoms with Gasteiger partial charge in [-0.2, -0.15) is 0 Å². The normalized spacial score (nSPS) is 10.0. The molecule has 0 atom stereocenters. The number of rotatable bonds is 13. The molecule has 2 aromatic rings. The summed E-state index contributed by atoms with van der Waals surface area (Å²) in [5.74, 6) is -2.42. The molecular weight excluding hydrogens is 484 g/mol. The third kappa shape index (κ3) is 9.10. The van der Waals surface area contributed by atoms with Crippen LogP contribution in [0, 0.1) is 0 Å². The minimum atomic E-state index is -0.765. The SMILES string of the molecule is C=C(C)C(=O)OCCOC(=O)c1cc(C(=O)OCCOC=O)cc(-c2ccc(OC(=O)C(=C)C)cc2)c1. The van der Waals surface area contributed by atoms with Gasteiger partial charge in [0.25, 0.3) is 6.47 Å². The monoisotopic (exact) mass is 510 g/mol. The second-order valence-electron chi connectivity index (χ2n) is 7.65. The van der Waals surface area contributed by atoms with Crippen LogP contribution in [0.1, 0.15) is 34.6 Å². The Bertz CT molecular complexity index is 1190. The maximum absolute atomic E-state index is 12.7. The molecule has 0 amide bonds. The molecule has 0 aliphatic rings. The highest BCUT2D eigenvalue weighted by molar-refractivity contribution is 5.97. The summed E-state index contributed by atoms with van der Waals surface area (Å²) in [5, 5.41) is 0. The van der Waals surface area contributed by atoms with Gasteiger partial charge in [0.2, 0.25) is 0 Å². The predicted octanol–water partition coefficient (Wildman–Crippen LogP) is 3.44. The molecule has 0 radical (unpaired) electrons. The zero-order valence-corrected chi connectivity index (χ0v) is 20.4. The first-order valence-corrected chi connectivity index (χ1v) is 11.0. The molecule has 10 nitrogen and oxygen atoms in total. The molecule has 0 unspecified atom stereocenters. The minimum Gasteiger partial charge on any atom is -0.464 e. The van der Waals surface area contributed by atoms with Gasteiger partial charge in [0.1, 0.15) is 32.2 Å². The Morgan fingerprint density at radius 3 is 1.73 bits per heavy atom. The number of benzene rings is 2. The number of esters is 4. The lowest BCUT2D eigenvalue weighted by atomic mass is 9.99. The third-order valence-electron chi connectivity index (χ3n) is 4.55. The second kappa shape index (κ2) is 14.0. The molecule has 10 heteroatoms. The molecule has 2 aromatic carbocycles. The lowest BCUT2D eigenvalue weighted by Gasteiger charge is -2.11. The van der Waals surface area contributed by atoms with E-state index in [0.29, 0.717) is 11.1 Å². The van der Waals surface area contributed by atoms with Crippen molar-refractivity contribution in [1.82, 2.24) is 0 Å². The Morgan fingerprint density at radius 2 is 1.22 bits per heavy atom. The molecule has 0 saturated heterocycles. The fourth-order valence-electron chi connectivity index (χ4n) is 2.73. The van der Waals surface area contributed by atoms with Crippen molar-refractivity contribution in [1.29, 1.82) is 0 Å². The summed E-state index contributed by atoms with van der Waals surface area (Å²) in [6.45, 7) is 9.53. The standard InChI is InChI=1S/C27H26O10/c1-17(2)24(29)34-11-12-36-27(32)22-14-20(13-21(15-22)26(31)35-10-9-33-16-28)19-5-7-23(8-6-19)37-25(30)18(3)4/h5-8,13-16H,1,3,9-12H2,2,4H3. The zero-order valence-electron chi connectivity index (χ0n) is 20.4. The molecule has 0 aliphatic carbocycles. The molecule has 0 fully saturated rings. The van der Waals surface area contributed by atoms with Crippen LogP contribution in [0.3, 0.4) is 0 Å². The van der Waals surface area contributed by atoms with E-state index >= 15 is 0 Å². The quantitative estimate of drug-likeness (QED) is 0.0986. The summed E-state index contributed by atoms with van der Waals surface area (Å²) in [7, 11) is 0. The van der Waals surface area contributed by atoms with E-state index in [1.807, 2.05) is 0 Å². The Kier molecular flexibility index (Phi) is 10.8. The number of hydrogen-bond donors (Lipinski definition) is 0. The van der Waals surface area contributed by atoms with E-state index in [1.54, 1.807) is 24.3 Å². The van der Waals surface area contributed by atoms with Crippen molar-refractivity contribution in [3.8, 4) is 16.9 Å². The first-order valence-electron chi connectivity index (χ1n) is 11.0. The molecule has 37 heavy (non-hydrogen) atoms. The maximum Gasteiger partial charge on any atom is 0.338 e. The molecule has 0 spiro atoms. The van der Waals surface area contributed by atoms with Gasteiger partial charge >= 0.3 is 23.9 Å². The zero-order chi connectivity index (χ0) is 27.4. The Labute approximate surface area is 213 Å². The van der Waals surface area contributed by atoms with E-state index in [0.717, 1.165) is 0 Å². The minimum absolute atomic E-state index is 0.0394. The fraction of sp³-hybridized carbons (Fsp3) is 0.222. The Hall–Kier alpha value is -4.73. The van der Waals surface area contributed by atoms with E-state index in [2.05, 4.69) is 17.9 Å². The molecule has 0 bridgehead atoms. The lowest BCUT2D eigenvalue weighted by Crippen LogP contribution is -2.15. The first kappa shape index (κ1) is 28.5. The van der Waals surface area contributed by atoms with Crippen LogP contribution in [0.5, 0.6) is 5.75 Å². The smallest absolute Gasteiger partial charge is 0.338 e. The third-order valence-corrected chi connectivity index (χ3v) is 4.55. The van der Waals surface area contributed by atoms with Crippen LogP contribution >= 0.6 is 0 Å². The molecule has 2 rings (SSSR count). The van der Waals surface area contributed by atoms with Crippen molar-refractivity contribution in [2.75, 3.05) is 26.4 Å². The Morgan fingerprint density at radius 1 is 0.703 bits per heavy atom. The van der Waals surface area contributed by atoms with Gasteiger partial charge < -0.3 is 23.7 Å². The predicted molar refractivity (Wildman–Crippen MR) is 131 cm³/mol. The van der Waals surface area contributed by atoms with Crippen molar-refractivity contribution in [3.05, 3.63) is 77.9 Å². The van der Waals surface area contributed by atoms with Gasteiger partial charge in [-0.25, -0.2) is 19.2 Å². The van der Waals surface area contributed by atoms with Gasteiger partial charge in [-0.3, -0.25) is 4.79 Å². The Balaban J connectivity index is 2.25. The molecule has 0 N–H and O–H groups in total. The maximum atomic E-state index is 12.7. The van der Waals surface area contributed by atoms with E-state index in [1.165, 1.54) is 32.0 Å². The van der Waals surface area contributed by atoms with Crippen LogP contribution in [0.15, 0.2) is 66.8 Å². The average molecular weight is 510 g/mol. The molecule has 0 aromatic heterocycles. The van der Waals surface area contributed by atoms with E-state index in [-0.39, 0.29) is 60.9 Å². The second-order valence-corrected chi connectivity index (χ2v) is 7.65. The number of carbonyl (C=O) groups excluding carboxylic acids is 5. The van der Waals surface area contributed by atoms with Gasteiger partial charge in [0.05, 0.1) is 11.1 Å². The first-order chi connectivity index (χ1) is 17.6. The largest absolute Gasteiger partial charge is 0.464 e. The fourth-order valence-corrected chi connectivity index (χ4v) is 2.73. The van der Waals surface area contributed by atoms with Gasteiger partial charge in [0.15, 0.2) is 0 Å². The molecule has 0 saturated carbocycles. The summed E-state index contributed by atoms with van der Waals surface area (Å²) in [6, 6.07) is 10.7. The number of ether oxygens (including phenoxy) is 5. The van der Waals surface area contributed by atoms with Crippen LogP contribution in [0.25, 0.3) is 11.1 Å². The van der Waals surface area contributed by atoms with Crippen LogP contribution in [0.4, 0.5) is 0 Å². The van der Waals surface area contributed by atoms with Gasteiger partial charge in [-0.05, 0) is 55.3 Å². The van der Waals surface area contributed by atoms with Crippen molar-refractivity contribution >= 4 is 30.3 Å². The van der Waals surface area contributed by atoms with Crippen molar-refractivity contribution < 1.29 is 47.7 Å².